The van der Waals surface area contributed by atoms with Gasteiger partial charge in [0.15, 0.2) is 5.82 Å². The van der Waals surface area contributed by atoms with Gasteiger partial charge in [-0.25, -0.2) is 9.97 Å². The SMILES string of the molecule is CNc1nc(-c2ccoc2)nc(CC(C)C)c1I. The van der Waals surface area contributed by atoms with Gasteiger partial charge in [-0.1, -0.05) is 13.8 Å². The van der Waals surface area contributed by atoms with Gasteiger partial charge in [-0.2, -0.15) is 0 Å². The Morgan fingerprint density at radius 3 is 2.72 bits per heavy atom. The van der Waals surface area contributed by atoms with Crippen LogP contribution in [0.25, 0.3) is 11.4 Å². The predicted octanol–water partition coefficient (Wildman–Crippen LogP) is 3.58. The van der Waals surface area contributed by atoms with E-state index in [4.69, 9.17) is 4.42 Å². The summed E-state index contributed by atoms with van der Waals surface area (Å²) >= 11 is 2.30. The minimum absolute atomic E-state index is 0.565. The van der Waals surface area contributed by atoms with Crippen LogP contribution in [0.5, 0.6) is 0 Å². The van der Waals surface area contributed by atoms with Gasteiger partial charge in [-0.05, 0) is 41.0 Å². The summed E-state index contributed by atoms with van der Waals surface area (Å²) < 4.78 is 6.18. The van der Waals surface area contributed by atoms with E-state index in [1.165, 1.54) is 0 Å². The lowest BCUT2D eigenvalue weighted by Gasteiger charge is -2.12. The summed E-state index contributed by atoms with van der Waals surface area (Å²) in [6, 6.07) is 1.88. The van der Waals surface area contributed by atoms with Crippen LogP contribution in [-0.2, 0) is 6.42 Å². The van der Waals surface area contributed by atoms with E-state index < -0.39 is 0 Å². The maximum Gasteiger partial charge on any atom is 0.165 e. The molecule has 5 heteroatoms. The van der Waals surface area contributed by atoms with Crippen molar-refractivity contribution in [1.29, 1.82) is 0 Å². The van der Waals surface area contributed by atoms with Crippen molar-refractivity contribution in [1.82, 2.24) is 9.97 Å². The fourth-order valence-corrected chi connectivity index (χ4v) is 2.43. The largest absolute Gasteiger partial charge is 0.472 e. The molecule has 0 bridgehead atoms. The van der Waals surface area contributed by atoms with E-state index in [0.29, 0.717) is 11.7 Å². The molecule has 96 valence electrons. The van der Waals surface area contributed by atoms with Crippen molar-refractivity contribution < 1.29 is 4.42 Å². The monoisotopic (exact) mass is 357 g/mol. The Balaban J connectivity index is 2.49. The number of nitrogens with zero attached hydrogens (tertiary/aromatic N) is 2. The molecule has 0 fully saturated rings. The molecule has 4 nitrogen and oxygen atoms in total. The van der Waals surface area contributed by atoms with Crippen molar-refractivity contribution in [3.63, 3.8) is 0 Å². The number of nitrogens with one attached hydrogen (secondary N) is 1. The highest BCUT2D eigenvalue weighted by Gasteiger charge is 2.14. The van der Waals surface area contributed by atoms with Crippen molar-refractivity contribution in [2.75, 3.05) is 12.4 Å². The Morgan fingerprint density at radius 2 is 2.17 bits per heavy atom. The first-order valence-corrected chi connectivity index (χ1v) is 6.96. The summed E-state index contributed by atoms with van der Waals surface area (Å²) in [5.41, 5.74) is 1.99. The normalized spacial score (nSPS) is 10.9. The van der Waals surface area contributed by atoms with Crippen molar-refractivity contribution in [3.8, 4) is 11.4 Å². The van der Waals surface area contributed by atoms with Crippen LogP contribution in [-0.4, -0.2) is 17.0 Å². The average molecular weight is 357 g/mol. The van der Waals surface area contributed by atoms with E-state index in [1.54, 1.807) is 12.5 Å². The molecule has 0 aliphatic heterocycles. The van der Waals surface area contributed by atoms with Crippen LogP contribution in [0.2, 0.25) is 0 Å². The maximum absolute atomic E-state index is 5.09. The van der Waals surface area contributed by atoms with Crippen molar-refractivity contribution in [2.45, 2.75) is 20.3 Å². The highest BCUT2D eigenvalue weighted by atomic mass is 127. The van der Waals surface area contributed by atoms with E-state index in [2.05, 4.69) is 51.7 Å². The molecule has 2 aromatic heterocycles. The summed E-state index contributed by atoms with van der Waals surface area (Å²) in [6.07, 6.45) is 4.25. The average Bonchev–Trinajstić information content (AvgIpc) is 2.84. The van der Waals surface area contributed by atoms with E-state index in [0.717, 1.165) is 27.1 Å². The second-order valence-corrected chi connectivity index (χ2v) is 5.60. The molecule has 0 radical (unpaired) electrons. The number of furan rings is 1. The fraction of sp³-hybridized carbons (Fsp3) is 0.385. The van der Waals surface area contributed by atoms with Crippen molar-refractivity contribution >= 4 is 28.4 Å². The van der Waals surface area contributed by atoms with E-state index in [1.807, 2.05) is 13.1 Å². The molecule has 0 unspecified atom stereocenters. The standard InChI is InChI=1S/C13H16IN3O/c1-8(2)6-10-11(14)13(15-3)17-12(16-10)9-4-5-18-7-9/h4-5,7-8H,6H2,1-3H3,(H,15,16,17). The van der Waals surface area contributed by atoms with Gasteiger partial charge in [0.2, 0.25) is 0 Å². The minimum Gasteiger partial charge on any atom is -0.472 e. The molecule has 0 saturated carbocycles. The highest BCUT2D eigenvalue weighted by Crippen LogP contribution is 2.25. The van der Waals surface area contributed by atoms with Crippen LogP contribution in [0.4, 0.5) is 5.82 Å². The first-order chi connectivity index (χ1) is 8.61. The molecular weight excluding hydrogens is 341 g/mol. The second-order valence-electron chi connectivity index (χ2n) is 4.52. The van der Waals surface area contributed by atoms with Crippen LogP contribution < -0.4 is 5.32 Å². The molecule has 2 heterocycles. The van der Waals surface area contributed by atoms with Gasteiger partial charge in [-0.3, -0.25) is 0 Å². The molecular formula is C13H16IN3O. The van der Waals surface area contributed by atoms with Gasteiger partial charge in [0, 0.05) is 7.05 Å². The Labute approximate surface area is 120 Å². The lowest BCUT2D eigenvalue weighted by molar-refractivity contribution is 0.568. The number of aromatic nitrogens is 2. The van der Waals surface area contributed by atoms with Gasteiger partial charge < -0.3 is 9.73 Å². The first-order valence-electron chi connectivity index (χ1n) is 5.88. The summed E-state index contributed by atoms with van der Waals surface area (Å²) in [4.78, 5) is 9.16. The topological polar surface area (TPSA) is 51.0 Å². The van der Waals surface area contributed by atoms with Gasteiger partial charge >= 0.3 is 0 Å². The van der Waals surface area contributed by atoms with Gasteiger partial charge in [-0.15, -0.1) is 0 Å². The van der Waals surface area contributed by atoms with Crippen LogP contribution in [0, 0.1) is 9.49 Å². The predicted molar refractivity (Wildman–Crippen MR) is 80.5 cm³/mol. The molecule has 18 heavy (non-hydrogen) atoms. The molecule has 0 spiro atoms. The lowest BCUT2D eigenvalue weighted by atomic mass is 10.1. The molecule has 1 N–H and O–H groups in total. The number of rotatable bonds is 4. The Bertz CT molecular complexity index is 523. The summed E-state index contributed by atoms with van der Waals surface area (Å²) in [5.74, 6) is 2.15. The molecule has 0 aromatic carbocycles. The fourth-order valence-electron chi connectivity index (χ4n) is 1.70. The third-order valence-electron chi connectivity index (χ3n) is 2.54. The zero-order valence-electron chi connectivity index (χ0n) is 10.7. The van der Waals surface area contributed by atoms with Crippen LogP contribution in [0.3, 0.4) is 0 Å². The van der Waals surface area contributed by atoms with Gasteiger partial charge in [0.25, 0.3) is 0 Å². The van der Waals surface area contributed by atoms with Gasteiger partial charge in [0.1, 0.15) is 12.1 Å². The zero-order valence-corrected chi connectivity index (χ0v) is 12.9. The number of halogens is 1. The molecule has 0 aliphatic rings. The van der Waals surface area contributed by atoms with Gasteiger partial charge in [0.05, 0.1) is 21.1 Å². The van der Waals surface area contributed by atoms with Crippen molar-refractivity contribution in [3.05, 3.63) is 27.9 Å². The zero-order chi connectivity index (χ0) is 13.1. The van der Waals surface area contributed by atoms with Crippen LogP contribution >= 0.6 is 22.6 Å². The van der Waals surface area contributed by atoms with Crippen LogP contribution in [0.15, 0.2) is 23.0 Å². The molecule has 0 saturated heterocycles. The molecule has 2 aromatic rings. The lowest BCUT2D eigenvalue weighted by Crippen LogP contribution is -2.07. The summed E-state index contributed by atoms with van der Waals surface area (Å²) in [5, 5.41) is 3.12. The second kappa shape index (κ2) is 5.69. The third kappa shape index (κ3) is 2.82. The maximum atomic E-state index is 5.09. The highest BCUT2D eigenvalue weighted by molar-refractivity contribution is 14.1. The Kier molecular flexibility index (Phi) is 4.21. The van der Waals surface area contributed by atoms with E-state index in [-0.39, 0.29) is 0 Å². The summed E-state index contributed by atoms with van der Waals surface area (Å²) in [7, 11) is 1.88. The quantitative estimate of drug-likeness (QED) is 0.850. The van der Waals surface area contributed by atoms with E-state index in [9.17, 15) is 0 Å². The smallest absolute Gasteiger partial charge is 0.165 e. The van der Waals surface area contributed by atoms with Crippen molar-refractivity contribution in [2.24, 2.45) is 5.92 Å². The number of hydrogen-bond donors (Lipinski definition) is 1. The molecule has 0 aliphatic carbocycles. The molecule has 0 amide bonds. The molecule has 2 rings (SSSR count). The minimum atomic E-state index is 0.565. The number of anilines is 1. The Morgan fingerprint density at radius 1 is 1.39 bits per heavy atom. The first kappa shape index (κ1) is 13.3. The van der Waals surface area contributed by atoms with E-state index >= 15 is 0 Å². The summed E-state index contributed by atoms with van der Waals surface area (Å²) in [6.45, 7) is 4.38. The van der Waals surface area contributed by atoms with Crippen LogP contribution in [0.1, 0.15) is 19.5 Å². The molecule has 0 atom stereocenters. The Hall–Kier alpha value is -1.11. The number of hydrogen-bond acceptors (Lipinski definition) is 4. The third-order valence-corrected chi connectivity index (χ3v) is 3.67.